The van der Waals surface area contributed by atoms with Crippen molar-refractivity contribution in [3.8, 4) is 11.1 Å². The zero-order valence-corrected chi connectivity index (χ0v) is 21.7. The van der Waals surface area contributed by atoms with Crippen molar-refractivity contribution in [1.29, 1.82) is 0 Å². The second-order valence-corrected chi connectivity index (χ2v) is 10.5. The highest BCUT2D eigenvalue weighted by atomic mass is 35.5. The molecular weight excluding hydrogens is 548 g/mol. The summed E-state index contributed by atoms with van der Waals surface area (Å²) in [6.45, 7) is 3.74. The quantitative estimate of drug-likeness (QED) is 0.422. The lowest BCUT2D eigenvalue weighted by atomic mass is 9.99. The molecule has 0 bridgehead atoms. The van der Waals surface area contributed by atoms with Crippen LogP contribution in [0.25, 0.3) is 11.1 Å². The smallest absolute Gasteiger partial charge is 0.335 e. The van der Waals surface area contributed by atoms with Gasteiger partial charge < -0.3 is 9.80 Å². The lowest BCUT2D eigenvalue weighted by Crippen LogP contribution is -2.64. The third-order valence-electron chi connectivity index (χ3n) is 6.72. The van der Waals surface area contributed by atoms with E-state index < -0.39 is 11.7 Å². The Kier molecular flexibility index (Phi) is 7.19. The van der Waals surface area contributed by atoms with Crippen LogP contribution in [0, 0.1) is 0 Å². The molecule has 0 spiro atoms. The molecule has 2 aliphatic heterocycles. The molecule has 2 aliphatic rings. The van der Waals surface area contributed by atoms with Gasteiger partial charge in [-0.2, -0.15) is 13.2 Å². The van der Waals surface area contributed by atoms with Crippen LogP contribution < -0.4 is 0 Å². The van der Waals surface area contributed by atoms with Crippen LogP contribution >= 0.6 is 34.5 Å². The van der Waals surface area contributed by atoms with Gasteiger partial charge >= 0.3 is 6.18 Å². The maximum atomic E-state index is 13.2. The number of alkyl halides is 3. The average Bonchev–Trinajstić information content (AvgIpc) is 3.37. The molecule has 12 heteroatoms. The van der Waals surface area contributed by atoms with Gasteiger partial charge in [-0.05, 0) is 35.4 Å². The van der Waals surface area contributed by atoms with E-state index in [-0.39, 0.29) is 27.9 Å². The highest BCUT2D eigenvalue weighted by Crippen LogP contribution is 2.38. The minimum absolute atomic E-state index is 0.0577. The molecule has 0 radical (unpaired) electrons. The van der Waals surface area contributed by atoms with Crippen LogP contribution in [0.5, 0.6) is 0 Å². The van der Waals surface area contributed by atoms with E-state index in [0.29, 0.717) is 48.6 Å². The Morgan fingerprint density at radius 3 is 2.19 bits per heavy atom. The summed E-state index contributed by atoms with van der Waals surface area (Å²) < 4.78 is 39.7. The van der Waals surface area contributed by atoms with Crippen molar-refractivity contribution in [3.05, 3.63) is 74.2 Å². The molecule has 0 unspecified atom stereocenters. The van der Waals surface area contributed by atoms with Gasteiger partial charge in [0, 0.05) is 50.7 Å². The van der Waals surface area contributed by atoms with Gasteiger partial charge in [-0.3, -0.25) is 14.5 Å². The molecule has 0 N–H and O–H groups in total. The molecule has 3 heterocycles. The molecule has 37 heavy (non-hydrogen) atoms. The SMILES string of the molecule is O=C(c1cscn1)N1CCN(C2CN(C(=O)c3ccc(-c4ccc(Cl)c(C(F)(F)F)c4)cc3Cl)C2)CC1. The molecule has 194 valence electrons. The number of carbonyl (C=O) groups is 2. The number of piperazine rings is 1. The van der Waals surface area contributed by atoms with Gasteiger partial charge in [0.15, 0.2) is 0 Å². The van der Waals surface area contributed by atoms with Crippen molar-refractivity contribution in [2.24, 2.45) is 0 Å². The lowest BCUT2D eigenvalue weighted by Gasteiger charge is -2.48. The van der Waals surface area contributed by atoms with Gasteiger partial charge in [-0.1, -0.05) is 35.3 Å². The Morgan fingerprint density at radius 2 is 1.57 bits per heavy atom. The monoisotopic (exact) mass is 568 g/mol. The molecule has 0 saturated carbocycles. The third-order valence-corrected chi connectivity index (χ3v) is 7.95. The van der Waals surface area contributed by atoms with Gasteiger partial charge in [0.05, 0.1) is 26.7 Å². The Bertz CT molecular complexity index is 1320. The molecule has 0 atom stereocenters. The molecule has 1 aromatic heterocycles. The minimum atomic E-state index is -4.58. The Balaban J connectivity index is 1.18. The van der Waals surface area contributed by atoms with Crippen LogP contribution in [0.15, 0.2) is 47.3 Å². The summed E-state index contributed by atoms with van der Waals surface area (Å²) in [6.07, 6.45) is -4.58. The van der Waals surface area contributed by atoms with Crippen LogP contribution in [-0.2, 0) is 6.18 Å². The number of halogens is 5. The standard InChI is InChI=1S/C25H21Cl2F3N4O2S/c26-20-4-2-15(9-19(20)25(28,29)30)16-1-3-18(21(27)10-16)23(35)34-11-17(12-34)32-5-7-33(8-6-32)24(36)22-13-37-14-31-22/h1-4,9-10,13-14,17H,5-8,11-12H2. The number of thiazole rings is 1. The fourth-order valence-corrected chi connectivity index (χ4v) is 5.59. The second-order valence-electron chi connectivity index (χ2n) is 8.95. The highest BCUT2D eigenvalue weighted by molar-refractivity contribution is 7.07. The van der Waals surface area contributed by atoms with Crippen molar-refractivity contribution < 1.29 is 22.8 Å². The zero-order valence-electron chi connectivity index (χ0n) is 19.3. The van der Waals surface area contributed by atoms with Crippen molar-refractivity contribution >= 4 is 46.4 Å². The summed E-state index contributed by atoms with van der Waals surface area (Å²) in [5.41, 5.74) is 2.24. The molecule has 3 aromatic rings. The van der Waals surface area contributed by atoms with Crippen LogP contribution in [0.3, 0.4) is 0 Å². The first kappa shape index (κ1) is 26.0. The number of hydrogen-bond acceptors (Lipinski definition) is 5. The van der Waals surface area contributed by atoms with Gasteiger partial charge in [-0.15, -0.1) is 11.3 Å². The average molecular weight is 569 g/mol. The predicted octanol–water partition coefficient (Wildman–Crippen LogP) is 5.42. The van der Waals surface area contributed by atoms with Crippen LogP contribution in [0.4, 0.5) is 13.2 Å². The third kappa shape index (κ3) is 5.34. The van der Waals surface area contributed by atoms with Crippen LogP contribution in [0.2, 0.25) is 10.0 Å². The van der Waals surface area contributed by atoms with Crippen molar-refractivity contribution in [2.75, 3.05) is 39.3 Å². The maximum Gasteiger partial charge on any atom is 0.417 e. The van der Waals surface area contributed by atoms with Gasteiger partial charge in [0.1, 0.15) is 5.69 Å². The van der Waals surface area contributed by atoms with E-state index in [1.54, 1.807) is 26.8 Å². The summed E-state index contributed by atoms with van der Waals surface area (Å²) in [7, 11) is 0. The van der Waals surface area contributed by atoms with E-state index in [0.717, 1.165) is 19.2 Å². The number of rotatable bonds is 4. The molecule has 2 fully saturated rings. The number of aromatic nitrogens is 1. The summed E-state index contributed by atoms with van der Waals surface area (Å²) in [5, 5.41) is 1.54. The predicted molar refractivity (Wildman–Crippen MR) is 136 cm³/mol. The van der Waals surface area contributed by atoms with E-state index in [1.807, 2.05) is 0 Å². The van der Waals surface area contributed by atoms with Crippen molar-refractivity contribution in [3.63, 3.8) is 0 Å². The van der Waals surface area contributed by atoms with E-state index in [2.05, 4.69) is 9.88 Å². The van der Waals surface area contributed by atoms with E-state index in [1.165, 1.54) is 35.6 Å². The number of nitrogens with zero attached hydrogens (tertiary/aromatic N) is 4. The normalized spacial score (nSPS) is 17.1. The first-order valence-corrected chi connectivity index (χ1v) is 13.2. The number of likely N-dealkylation sites (tertiary alicyclic amines) is 1. The minimum Gasteiger partial charge on any atom is -0.335 e. The highest BCUT2D eigenvalue weighted by Gasteiger charge is 2.38. The van der Waals surface area contributed by atoms with Crippen molar-refractivity contribution in [1.82, 2.24) is 19.7 Å². The first-order valence-electron chi connectivity index (χ1n) is 11.5. The van der Waals surface area contributed by atoms with E-state index in [9.17, 15) is 22.8 Å². The zero-order chi connectivity index (χ0) is 26.3. The molecule has 2 saturated heterocycles. The van der Waals surface area contributed by atoms with E-state index in [4.69, 9.17) is 23.2 Å². The Labute approximate surface area is 225 Å². The van der Waals surface area contributed by atoms with Crippen LogP contribution in [-0.4, -0.2) is 76.8 Å². The summed E-state index contributed by atoms with van der Waals surface area (Å²) in [5.74, 6) is -0.283. The summed E-state index contributed by atoms with van der Waals surface area (Å²) in [4.78, 5) is 35.4. The number of carbonyl (C=O) groups excluding carboxylic acids is 2. The topological polar surface area (TPSA) is 56.8 Å². The van der Waals surface area contributed by atoms with Crippen molar-refractivity contribution in [2.45, 2.75) is 12.2 Å². The second kappa shape index (κ2) is 10.2. The van der Waals surface area contributed by atoms with Gasteiger partial charge in [-0.25, -0.2) is 4.98 Å². The fourth-order valence-electron chi connectivity index (χ4n) is 4.58. The van der Waals surface area contributed by atoms with E-state index >= 15 is 0 Å². The molecule has 6 nitrogen and oxygen atoms in total. The molecule has 2 amide bonds. The number of amides is 2. The van der Waals surface area contributed by atoms with Crippen LogP contribution in [0.1, 0.15) is 26.4 Å². The Morgan fingerprint density at radius 1 is 0.892 bits per heavy atom. The lowest BCUT2D eigenvalue weighted by molar-refractivity contribution is -0.137. The van der Waals surface area contributed by atoms with Gasteiger partial charge in [0.25, 0.3) is 11.8 Å². The molecule has 2 aromatic carbocycles. The largest absolute Gasteiger partial charge is 0.417 e. The Hall–Kier alpha value is -2.66. The number of hydrogen-bond donors (Lipinski definition) is 0. The summed E-state index contributed by atoms with van der Waals surface area (Å²) in [6, 6.07) is 8.47. The summed E-state index contributed by atoms with van der Waals surface area (Å²) >= 11 is 13.5. The molecule has 0 aliphatic carbocycles. The fraction of sp³-hybridized carbons (Fsp3) is 0.320. The molecule has 5 rings (SSSR count). The van der Waals surface area contributed by atoms with Gasteiger partial charge in [0.2, 0.25) is 0 Å². The molecular formula is C25H21Cl2F3N4O2S. The first-order chi connectivity index (χ1) is 17.6. The number of benzene rings is 2. The maximum absolute atomic E-state index is 13.2.